The van der Waals surface area contributed by atoms with E-state index in [9.17, 15) is 0 Å². The first kappa shape index (κ1) is 27.2. The minimum atomic E-state index is -0.0864. The van der Waals surface area contributed by atoms with E-state index in [0.29, 0.717) is 0 Å². The number of rotatable bonds is 4. The van der Waals surface area contributed by atoms with E-state index in [1.54, 1.807) is 0 Å². The van der Waals surface area contributed by atoms with Gasteiger partial charge in [-0.15, -0.1) is 0 Å². The molecule has 5 aromatic carbocycles. The molecule has 3 nitrogen and oxygen atoms in total. The Labute approximate surface area is 253 Å². The third-order valence-corrected chi connectivity index (χ3v) is 8.24. The fraction of sp³-hybridized carbons (Fsp3) is 0.225. The Balaban J connectivity index is 1.45. The van der Waals surface area contributed by atoms with Crippen molar-refractivity contribution in [2.45, 2.75) is 53.4 Å². The summed E-state index contributed by atoms with van der Waals surface area (Å²) in [5.41, 5.74) is 11.3. The van der Waals surface area contributed by atoms with Gasteiger partial charge in [-0.1, -0.05) is 96.1 Å². The molecule has 7 rings (SSSR count). The van der Waals surface area contributed by atoms with Crippen LogP contribution < -0.4 is 0 Å². The minimum absolute atomic E-state index is 0.0864. The summed E-state index contributed by atoms with van der Waals surface area (Å²) >= 11 is 0. The molecule has 214 valence electrons. The van der Waals surface area contributed by atoms with Gasteiger partial charge in [0.1, 0.15) is 17.0 Å². The normalized spacial score (nSPS) is 12.5. The fourth-order valence-corrected chi connectivity index (χ4v) is 6.29. The van der Waals surface area contributed by atoms with E-state index in [1.807, 2.05) is 0 Å². The minimum Gasteiger partial charge on any atom is -0.456 e. The summed E-state index contributed by atoms with van der Waals surface area (Å²) in [4.78, 5) is 5.23. The Morgan fingerprint density at radius 1 is 0.628 bits per heavy atom. The van der Waals surface area contributed by atoms with Gasteiger partial charge in [0.05, 0.1) is 16.7 Å². The molecular weight excluding hydrogens is 524 g/mol. The molecule has 0 N–H and O–H groups in total. The number of fused-ring (bicyclic) bond motifs is 4. The molecule has 2 heterocycles. The summed E-state index contributed by atoms with van der Waals surface area (Å²) in [6.45, 7) is 13.7. The third-order valence-electron chi connectivity index (χ3n) is 8.24. The first-order valence-corrected chi connectivity index (χ1v) is 15.2. The molecule has 0 fully saturated rings. The van der Waals surface area contributed by atoms with Gasteiger partial charge in [-0.2, -0.15) is 0 Å². The molecule has 0 aliphatic heterocycles. The second kappa shape index (κ2) is 9.98. The maximum atomic E-state index is 6.29. The molecule has 0 saturated heterocycles. The van der Waals surface area contributed by atoms with Crippen LogP contribution in [0.5, 0.6) is 0 Å². The fourth-order valence-electron chi connectivity index (χ4n) is 6.29. The summed E-state index contributed by atoms with van der Waals surface area (Å²) in [5, 5.41) is 2.28. The molecular formula is C40H38N2O. The molecule has 7 aromatic rings. The van der Waals surface area contributed by atoms with E-state index in [2.05, 4.69) is 155 Å². The smallest absolute Gasteiger partial charge is 0.145 e. The van der Waals surface area contributed by atoms with Gasteiger partial charge in [0.15, 0.2) is 0 Å². The lowest BCUT2D eigenvalue weighted by atomic mass is 9.84. The SMILES string of the molecule is CC(C)(C)Cc1ccc2oc3ccc(-c4nc5ccccc5n4-c4ccc(-c5ccccc5)cc4C(C)(C)C)cc3c2c1. The third kappa shape index (κ3) is 5.03. The van der Waals surface area contributed by atoms with Crippen molar-refractivity contribution in [3.05, 3.63) is 120 Å². The molecule has 0 amide bonds. The summed E-state index contributed by atoms with van der Waals surface area (Å²) in [7, 11) is 0. The summed E-state index contributed by atoms with van der Waals surface area (Å²) in [6, 6.07) is 39.1. The average Bonchev–Trinajstić information content (AvgIpc) is 3.54. The van der Waals surface area contributed by atoms with Crippen molar-refractivity contribution in [2.24, 2.45) is 5.41 Å². The van der Waals surface area contributed by atoms with Crippen LogP contribution >= 0.6 is 0 Å². The van der Waals surface area contributed by atoms with Crippen molar-refractivity contribution < 1.29 is 4.42 Å². The number of aromatic nitrogens is 2. The number of benzene rings is 5. The Hall–Kier alpha value is -4.63. The van der Waals surface area contributed by atoms with Crippen LogP contribution in [0.25, 0.3) is 61.2 Å². The van der Waals surface area contributed by atoms with Gasteiger partial charge in [-0.3, -0.25) is 4.57 Å². The van der Waals surface area contributed by atoms with Crippen LogP contribution in [0.15, 0.2) is 114 Å². The molecule has 0 saturated carbocycles. The van der Waals surface area contributed by atoms with Crippen molar-refractivity contribution in [3.8, 4) is 28.2 Å². The number of imidazole rings is 1. The molecule has 3 heteroatoms. The number of nitrogens with zero attached hydrogens (tertiary/aromatic N) is 2. The lowest BCUT2D eigenvalue weighted by molar-refractivity contribution is 0.411. The van der Waals surface area contributed by atoms with Gasteiger partial charge in [0.2, 0.25) is 0 Å². The molecule has 0 unspecified atom stereocenters. The van der Waals surface area contributed by atoms with E-state index >= 15 is 0 Å². The highest BCUT2D eigenvalue weighted by atomic mass is 16.3. The molecule has 0 atom stereocenters. The van der Waals surface area contributed by atoms with Gasteiger partial charge in [-0.05, 0) is 94.1 Å². The maximum absolute atomic E-state index is 6.29. The van der Waals surface area contributed by atoms with Crippen LogP contribution in [0.1, 0.15) is 52.7 Å². The second-order valence-corrected chi connectivity index (χ2v) is 14.0. The van der Waals surface area contributed by atoms with Gasteiger partial charge < -0.3 is 4.42 Å². The predicted molar refractivity (Wildman–Crippen MR) is 181 cm³/mol. The van der Waals surface area contributed by atoms with E-state index in [4.69, 9.17) is 9.40 Å². The topological polar surface area (TPSA) is 31.0 Å². The number of hydrogen-bond donors (Lipinski definition) is 0. The van der Waals surface area contributed by atoms with Gasteiger partial charge >= 0.3 is 0 Å². The second-order valence-electron chi connectivity index (χ2n) is 14.0. The molecule has 2 aromatic heterocycles. The Morgan fingerprint density at radius 3 is 2.05 bits per heavy atom. The number of hydrogen-bond acceptors (Lipinski definition) is 2. The van der Waals surface area contributed by atoms with Gasteiger partial charge in [-0.25, -0.2) is 4.98 Å². The average molecular weight is 563 g/mol. The molecule has 0 bridgehead atoms. The Morgan fingerprint density at radius 2 is 1.30 bits per heavy atom. The summed E-state index contributed by atoms with van der Waals surface area (Å²) < 4.78 is 8.64. The van der Waals surface area contributed by atoms with E-state index in [0.717, 1.165) is 56.5 Å². The number of furan rings is 1. The molecule has 43 heavy (non-hydrogen) atoms. The maximum Gasteiger partial charge on any atom is 0.145 e. The highest BCUT2D eigenvalue weighted by Crippen LogP contribution is 2.39. The first-order valence-electron chi connectivity index (χ1n) is 15.2. The quantitative estimate of drug-likeness (QED) is 0.214. The van der Waals surface area contributed by atoms with E-state index in [1.165, 1.54) is 22.3 Å². The highest BCUT2D eigenvalue weighted by molar-refractivity contribution is 6.06. The highest BCUT2D eigenvalue weighted by Gasteiger charge is 2.24. The van der Waals surface area contributed by atoms with Crippen LogP contribution in [-0.2, 0) is 11.8 Å². The summed E-state index contributed by atoms with van der Waals surface area (Å²) in [5.74, 6) is 0.932. The zero-order chi connectivity index (χ0) is 29.9. The van der Waals surface area contributed by atoms with Gasteiger partial charge in [0, 0.05) is 16.3 Å². The van der Waals surface area contributed by atoms with Crippen LogP contribution in [0, 0.1) is 5.41 Å². The Kier molecular flexibility index (Phi) is 6.32. The van der Waals surface area contributed by atoms with E-state index in [-0.39, 0.29) is 10.8 Å². The first-order chi connectivity index (χ1) is 20.5. The van der Waals surface area contributed by atoms with Crippen molar-refractivity contribution in [1.82, 2.24) is 9.55 Å². The predicted octanol–water partition coefficient (Wildman–Crippen LogP) is 11.1. The van der Waals surface area contributed by atoms with E-state index < -0.39 is 0 Å². The zero-order valence-corrected chi connectivity index (χ0v) is 25.9. The summed E-state index contributed by atoms with van der Waals surface area (Å²) in [6.07, 6.45) is 1.01. The largest absolute Gasteiger partial charge is 0.456 e. The van der Waals surface area contributed by atoms with Crippen LogP contribution in [0.3, 0.4) is 0 Å². The van der Waals surface area contributed by atoms with Gasteiger partial charge in [0.25, 0.3) is 0 Å². The molecule has 0 spiro atoms. The number of para-hydroxylation sites is 2. The van der Waals surface area contributed by atoms with Crippen molar-refractivity contribution in [2.75, 3.05) is 0 Å². The lowest BCUT2D eigenvalue weighted by Gasteiger charge is -2.25. The monoisotopic (exact) mass is 562 g/mol. The molecule has 0 aliphatic rings. The van der Waals surface area contributed by atoms with Crippen LogP contribution in [0.2, 0.25) is 0 Å². The van der Waals surface area contributed by atoms with Crippen LogP contribution in [-0.4, -0.2) is 9.55 Å². The van der Waals surface area contributed by atoms with Crippen LogP contribution in [0.4, 0.5) is 0 Å². The molecule has 0 aliphatic carbocycles. The van der Waals surface area contributed by atoms with Crippen molar-refractivity contribution in [3.63, 3.8) is 0 Å². The molecule has 0 radical (unpaired) electrons. The standard InChI is InChI=1S/C40H38N2O/c1-39(2,3)25-26-16-20-36-30(22-26)31-23-29(18-21-37(31)43-36)38-41-33-14-10-11-15-35(33)42(38)34-19-17-28(24-32(34)40(4,5)6)27-12-8-7-9-13-27/h7-24H,25H2,1-6H3. The zero-order valence-electron chi connectivity index (χ0n) is 25.9. The Bertz CT molecular complexity index is 2110. The van der Waals surface area contributed by atoms with Crippen molar-refractivity contribution in [1.29, 1.82) is 0 Å². The lowest BCUT2D eigenvalue weighted by Crippen LogP contribution is -2.16. The van der Waals surface area contributed by atoms with Crippen molar-refractivity contribution >= 4 is 33.0 Å².